The van der Waals surface area contributed by atoms with Crippen LogP contribution in [0.3, 0.4) is 0 Å². The molecule has 0 saturated heterocycles. The number of benzene rings is 1. The predicted molar refractivity (Wildman–Crippen MR) is 55.2 cm³/mol. The fourth-order valence-electron chi connectivity index (χ4n) is 1.47. The number of carboxylic acids is 1. The smallest absolute Gasteiger partial charge is 0.303 e. The molecule has 0 aliphatic heterocycles. The third-order valence-corrected chi connectivity index (χ3v) is 2.40. The quantitative estimate of drug-likeness (QED) is 0.666. The molecule has 0 radical (unpaired) electrons. The molecule has 1 unspecified atom stereocenters. The summed E-state index contributed by atoms with van der Waals surface area (Å²) in [5, 5.41) is 27.7. The zero-order chi connectivity index (χ0) is 11.6. The molecule has 0 amide bonds. The maximum atomic E-state index is 10.5. The fourth-order valence-corrected chi connectivity index (χ4v) is 1.47. The second-order valence-electron chi connectivity index (χ2n) is 3.67. The molecular formula is C11H14O4. The van der Waals surface area contributed by atoms with Gasteiger partial charge < -0.3 is 15.3 Å². The molecule has 0 fully saturated rings. The van der Waals surface area contributed by atoms with Gasteiger partial charge in [0.25, 0.3) is 0 Å². The van der Waals surface area contributed by atoms with Gasteiger partial charge in [-0.05, 0) is 18.4 Å². The molecule has 1 aromatic rings. The minimum Gasteiger partial charge on any atom is -0.504 e. The van der Waals surface area contributed by atoms with Crippen molar-refractivity contribution in [3.8, 4) is 11.5 Å². The third-order valence-electron chi connectivity index (χ3n) is 2.40. The van der Waals surface area contributed by atoms with E-state index in [1.807, 2.05) is 0 Å². The van der Waals surface area contributed by atoms with Crippen LogP contribution in [0.2, 0.25) is 0 Å². The van der Waals surface area contributed by atoms with Gasteiger partial charge in [0.1, 0.15) is 0 Å². The van der Waals surface area contributed by atoms with E-state index in [0.29, 0.717) is 11.1 Å². The van der Waals surface area contributed by atoms with E-state index >= 15 is 0 Å². The van der Waals surface area contributed by atoms with Crippen LogP contribution in [0.15, 0.2) is 12.1 Å². The Morgan fingerprint density at radius 2 is 1.93 bits per heavy atom. The Bertz CT molecular complexity index is 384. The third kappa shape index (κ3) is 2.40. The van der Waals surface area contributed by atoms with Crippen molar-refractivity contribution in [2.24, 2.45) is 0 Å². The number of phenolic OH excluding ortho intramolecular Hbond substituents is 2. The van der Waals surface area contributed by atoms with E-state index in [0.717, 1.165) is 0 Å². The van der Waals surface area contributed by atoms with Crippen molar-refractivity contribution in [2.45, 2.75) is 26.2 Å². The molecule has 0 aliphatic carbocycles. The predicted octanol–water partition coefficient (Wildman–Crippen LogP) is 1.98. The van der Waals surface area contributed by atoms with Crippen LogP contribution in [-0.4, -0.2) is 21.3 Å². The Labute approximate surface area is 87.8 Å². The summed E-state index contributed by atoms with van der Waals surface area (Å²) in [5.41, 5.74) is 1.03. The van der Waals surface area contributed by atoms with E-state index in [-0.39, 0.29) is 23.8 Å². The number of hydrogen-bond donors (Lipinski definition) is 3. The van der Waals surface area contributed by atoms with E-state index in [1.54, 1.807) is 26.0 Å². The van der Waals surface area contributed by atoms with Gasteiger partial charge in [0.15, 0.2) is 11.5 Å². The number of carbonyl (C=O) groups is 1. The zero-order valence-corrected chi connectivity index (χ0v) is 8.69. The molecule has 1 aromatic carbocycles. The van der Waals surface area contributed by atoms with Crippen LogP contribution in [0.4, 0.5) is 0 Å². The number of rotatable bonds is 3. The molecule has 0 heterocycles. The fraction of sp³-hybridized carbons (Fsp3) is 0.364. The standard InChI is InChI=1S/C11H14O4/c1-6-3-4-8(11(15)10(6)14)7(2)5-9(12)13/h3-4,7,14-15H,5H2,1-2H3,(H,12,13). The highest BCUT2D eigenvalue weighted by molar-refractivity contribution is 5.68. The van der Waals surface area contributed by atoms with E-state index < -0.39 is 5.97 Å². The van der Waals surface area contributed by atoms with Crippen molar-refractivity contribution in [1.82, 2.24) is 0 Å². The number of hydrogen-bond acceptors (Lipinski definition) is 3. The van der Waals surface area contributed by atoms with E-state index in [1.165, 1.54) is 0 Å². The first kappa shape index (κ1) is 11.4. The van der Waals surface area contributed by atoms with Gasteiger partial charge in [-0.25, -0.2) is 0 Å². The molecule has 0 saturated carbocycles. The summed E-state index contributed by atoms with van der Waals surface area (Å²) in [7, 11) is 0. The SMILES string of the molecule is Cc1ccc(C(C)CC(=O)O)c(O)c1O. The van der Waals surface area contributed by atoms with Gasteiger partial charge in [0.05, 0.1) is 6.42 Å². The number of carboxylic acid groups (broad SMARTS) is 1. The van der Waals surface area contributed by atoms with Gasteiger partial charge in [0, 0.05) is 5.56 Å². The van der Waals surface area contributed by atoms with Gasteiger partial charge in [-0.1, -0.05) is 19.1 Å². The van der Waals surface area contributed by atoms with Crippen LogP contribution in [0.25, 0.3) is 0 Å². The first-order valence-electron chi connectivity index (χ1n) is 4.66. The lowest BCUT2D eigenvalue weighted by molar-refractivity contribution is -0.137. The maximum absolute atomic E-state index is 10.5. The van der Waals surface area contributed by atoms with Crippen LogP contribution in [-0.2, 0) is 4.79 Å². The first-order valence-corrected chi connectivity index (χ1v) is 4.66. The van der Waals surface area contributed by atoms with E-state index in [9.17, 15) is 15.0 Å². The molecule has 4 heteroatoms. The number of aliphatic carboxylic acids is 1. The number of aromatic hydroxyl groups is 2. The van der Waals surface area contributed by atoms with Crippen molar-refractivity contribution in [1.29, 1.82) is 0 Å². The highest BCUT2D eigenvalue weighted by atomic mass is 16.4. The maximum Gasteiger partial charge on any atom is 0.303 e. The normalized spacial score (nSPS) is 12.4. The summed E-state index contributed by atoms with van der Waals surface area (Å²) >= 11 is 0. The van der Waals surface area contributed by atoms with Crippen LogP contribution < -0.4 is 0 Å². The average molecular weight is 210 g/mol. The van der Waals surface area contributed by atoms with Crippen LogP contribution in [0.5, 0.6) is 11.5 Å². The Balaban J connectivity index is 3.05. The zero-order valence-electron chi connectivity index (χ0n) is 8.69. The molecule has 0 aromatic heterocycles. The lowest BCUT2D eigenvalue weighted by Crippen LogP contribution is -2.03. The molecule has 0 spiro atoms. The lowest BCUT2D eigenvalue weighted by Gasteiger charge is -2.13. The summed E-state index contributed by atoms with van der Waals surface area (Å²) in [6.45, 7) is 3.36. The summed E-state index contributed by atoms with van der Waals surface area (Å²) < 4.78 is 0. The second kappa shape index (κ2) is 4.21. The molecule has 0 aliphatic rings. The van der Waals surface area contributed by atoms with Crippen LogP contribution in [0.1, 0.15) is 30.4 Å². The van der Waals surface area contributed by atoms with Crippen molar-refractivity contribution in [3.05, 3.63) is 23.3 Å². The van der Waals surface area contributed by atoms with Crippen molar-refractivity contribution < 1.29 is 20.1 Å². The second-order valence-corrected chi connectivity index (χ2v) is 3.67. The first-order chi connectivity index (χ1) is 6.93. The molecule has 3 N–H and O–H groups in total. The van der Waals surface area contributed by atoms with Gasteiger partial charge >= 0.3 is 5.97 Å². The van der Waals surface area contributed by atoms with Gasteiger partial charge in [-0.2, -0.15) is 0 Å². The number of phenols is 2. The Hall–Kier alpha value is -1.71. The minimum atomic E-state index is -0.929. The van der Waals surface area contributed by atoms with Crippen molar-refractivity contribution in [3.63, 3.8) is 0 Å². The molecule has 82 valence electrons. The Morgan fingerprint density at radius 3 is 2.47 bits per heavy atom. The van der Waals surface area contributed by atoms with E-state index in [2.05, 4.69) is 0 Å². The molecule has 1 rings (SSSR count). The summed E-state index contributed by atoms with van der Waals surface area (Å²) in [5.74, 6) is -1.65. The molecule has 15 heavy (non-hydrogen) atoms. The molecule has 0 bridgehead atoms. The van der Waals surface area contributed by atoms with E-state index in [4.69, 9.17) is 5.11 Å². The summed E-state index contributed by atoms with van der Waals surface area (Å²) in [6.07, 6.45) is -0.0734. The molecule has 1 atom stereocenters. The van der Waals surface area contributed by atoms with Gasteiger partial charge in [-0.3, -0.25) is 4.79 Å². The van der Waals surface area contributed by atoms with Gasteiger partial charge in [0.2, 0.25) is 0 Å². The largest absolute Gasteiger partial charge is 0.504 e. The van der Waals surface area contributed by atoms with Crippen LogP contribution >= 0.6 is 0 Å². The monoisotopic (exact) mass is 210 g/mol. The highest BCUT2D eigenvalue weighted by Gasteiger charge is 2.17. The van der Waals surface area contributed by atoms with Gasteiger partial charge in [-0.15, -0.1) is 0 Å². The topological polar surface area (TPSA) is 77.8 Å². The Kier molecular flexibility index (Phi) is 3.19. The highest BCUT2D eigenvalue weighted by Crippen LogP contribution is 2.37. The minimum absolute atomic E-state index is 0.0734. The average Bonchev–Trinajstić information content (AvgIpc) is 2.13. The molecule has 4 nitrogen and oxygen atoms in total. The summed E-state index contributed by atoms with van der Waals surface area (Å²) in [4.78, 5) is 10.5. The Morgan fingerprint density at radius 1 is 1.33 bits per heavy atom. The lowest BCUT2D eigenvalue weighted by atomic mass is 9.95. The summed E-state index contributed by atoms with van der Waals surface area (Å²) in [6, 6.07) is 3.29. The van der Waals surface area contributed by atoms with Crippen molar-refractivity contribution >= 4 is 5.97 Å². The van der Waals surface area contributed by atoms with Crippen LogP contribution in [0, 0.1) is 6.92 Å². The number of aryl methyl sites for hydroxylation is 1. The van der Waals surface area contributed by atoms with Crippen molar-refractivity contribution in [2.75, 3.05) is 0 Å². The molecular weight excluding hydrogens is 196 g/mol.